The first-order valence-corrected chi connectivity index (χ1v) is 7.06. The number of amides is 2. The summed E-state index contributed by atoms with van der Waals surface area (Å²) in [6, 6.07) is 11.0. The van der Waals surface area contributed by atoms with Gasteiger partial charge in [-0.3, -0.25) is 0 Å². The number of halogens is 3. The lowest BCUT2D eigenvalue weighted by molar-refractivity contribution is 0.252. The molecule has 0 saturated heterocycles. The molecule has 2 amide bonds. The molecular weight excluding hydrogens is 314 g/mol. The molecule has 0 bridgehead atoms. The number of rotatable bonds is 4. The van der Waals surface area contributed by atoms with E-state index >= 15 is 0 Å². The van der Waals surface area contributed by atoms with Gasteiger partial charge in [-0.25, -0.2) is 9.18 Å². The second kappa shape index (κ2) is 7.29. The monoisotopic (exact) mass is 326 g/mol. The Balaban J connectivity index is 1.85. The summed E-state index contributed by atoms with van der Waals surface area (Å²) in [6.07, 6.45) is 0.406. The van der Waals surface area contributed by atoms with Crippen molar-refractivity contribution in [3.8, 4) is 0 Å². The van der Waals surface area contributed by atoms with Gasteiger partial charge in [0.1, 0.15) is 5.82 Å². The van der Waals surface area contributed by atoms with Crippen molar-refractivity contribution in [3.63, 3.8) is 0 Å². The maximum Gasteiger partial charge on any atom is 0.319 e. The van der Waals surface area contributed by atoms with Crippen LogP contribution in [-0.4, -0.2) is 12.6 Å². The molecule has 0 fully saturated rings. The lowest BCUT2D eigenvalue weighted by Crippen LogP contribution is -2.30. The summed E-state index contributed by atoms with van der Waals surface area (Å²) in [4.78, 5) is 11.7. The third-order valence-corrected chi connectivity index (χ3v) is 3.66. The topological polar surface area (TPSA) is 41.1 Å². The van der Waals surface area contributed by atoms with E-state index in [0.29, 0.717) is 29.2 Å². The van der Waals surface area contributed by atoms with Gasteiger partial charge in [0.2, 0.25) is 0 Å². The van der Waals surface area contributed by atoms with E-state index in [2.05, 4.69) is 10.6 Å². The van der Waals surface area contributed by atoms with Crippen LogP contribution >= 0.6 is 23.2 Å². The molecule has 2 N–H and O–H groups in total. The number of nitrogens with one attached hydrogen (secondary N) is 2. The van der Waals surface area contributed by atoms with E-state index in [4.69, 9.17) is 23.2 Å². The zero-order valence-electron chi connectivity index (χ0n) is 11.0. The van der Waals surface area contributed by atoms with Crippen LogP contribution in [0.3, 0.4) is 0 Å². The Morgan fingerprint density at radius 2 is 1.86 bits per heavy atom. The van der Waals surface area contributed by atoms with Crippen molar-refractivity contribution in [2.45, 2.75) is 6.42 Å². The van der Waals surface area contributed by atoms with Crippen molar-refractivity contribution >= 4 is 34.9 Å². The van der Waals surface area contributed by atoms with Crippen LogP contribution in [0.1, 0.15) is 5.56 Å². The molecule has 2 rings (SSSR count). The zero-order chi connectivity index (χ0) is 15.2. The van der Waals surface area contributed by atoms with Crippen molar-refractivity contribution in [2.24, 2.45) is 0 Å². The van der Waals surface area contributed by atoms with Crippen LogP contribution in [0.15, 0.2) is 42.5 Å². The van der Waals surface area contributed by atoms with Gasteiger partial charge in [0.15, 0.2) is 0 Å². The van der Waals surface area contributed by atoms with Crippen LogP contribution in [0, 0.1) is 5.82 Å². The third kappa shape index (κ3) is 4.34. The van der Waals surface area contributed by atoms with E-state index in [1.807, 2.05) is 0 Å². The first-order chi connectivity index (χ1) is 10.1. The normalized spacial score (nSPS) is 10.2. The Labute approximate surface area is 132 Å². The maximum atomic E-state index is 13.4. The number of hydrogen-bond donors (Lipinski definition) is 2. The highest BCUT2D eigenvalue weighted by atomic mass is 35.5. The predicted molar refractivity (Wildman–Crippen MR) is 83.6 cm³/mol. The SMILES string of the molecule is O=C(NCCc1ccccc1F)Nc1cccc(Cl)c1Cl. The van der Waals surface area contributed by atoms with Crippen molar-refractivity contribution in [2.75, 3.05) is 11.9 Å². The van der Waals surface area contributed by atoms with Crippen LogP contribution in [-0.2, 0) is 6.42 Å². The molecule has 21 heavy (non-hydrogen) atoms. The summed E-state index contributed by atoms with van der Waals surface area (Å²) in [7, 11) is 0. The minimum atomic E-state index is -0.421. The summed E-state index contributed by atoms with van der Waals surface area (Å²) in [5.41, 5.74) is 0.978. The summed E-state index contributed by atoms with van der Waals surface area (Å²) in [5.74, 6) is -0.280. The molecule has 0 atom stereocenters. The first-order valence-electron chi connectivity index (χ1n) is 6.30. The molecule has 0 unspecified atom stereocenters. The van der Waals surface area contributed by atoms with Gasteiger partial charge in [0.25, 0.3) is 0 Å². The molecule has 0 heterocycles. The van der Waals surface area contributed by atoms with Crippen LogP contribution in [0.2, 0.25) is 10.0 Å². The molecule has 0 aromatic heterocycles. The second-order valence-corrected chi connectivity index (χ2v) is 5.11. The molecule has 3 nitrogen and oxygen atoms in total. The van der Waals surface area contributed by atoms with Crippen molar-refractivity contribution < 1.29 is 9.18 Å². The molecule has 0 aliphatic carbocycles. The van der Waals surface area contributed by atoms with Gasteiger partial charge in [-0.1, -0.05) is 47.5 Å². The molecule has 2 aromatic rings. The highest BCUT2D eigenvalue weighted by Gasteiger charge is 2.08. The third-order valence-electron chi connectivity index (χ3n) is 2.84. The number of carbonyl (C=O) groups is 1. The largest absolute Gasteiger partial charge is 0.338 e. The molecule has 0 aliphatic heterocycles. The van der Waals surface area contributed by atoms with Crippen molar-refractivity contribution in [3.05, 3.63) is 63.9 Å². The lowest BCUT2D eigenvalue weighted by Gasteiger charge is -2.10. The average Bonchev–Trinajstić information content (AvgIpc) is 2.46. The van der Waals surface area contributed by atoms with Crippen LogP contribution in [0.25, 0.3) is 0 Å². The van der Waals surface area contributed by atoms with Gasteiger partial charge < -0.3 is 10.6 Å². The molecule has 0 saturated carbocycles. The molecule has 0 radical (unpaired) electrons. The quantitative estimate of drug-likeness (QED) is 0.853. The van der Waals surface area contributed by atoms with Gasteiger partial charge in [0, 0.05) is 6.54 Å². The second-order valence-electron chi connectivity index (χ2n) is 4.32. The maximum absolute atomic E-state index is 13.4. The minimum Gasteiger partial charge on any atom is -0.338 e. The molecule has 0 aliphatic rings. The summed E-state index contributed by atoms with van der Waals surface area (Å²) in [5, 5.41) is 5.87. The van der Waals surface area contributed by atoms with E-state index < -0.39 is 6.03 Å². The Morgan fingerprint density at radius 3 is 2.62 bits per heavy atom. The molecule has 110 valence electrons. The van der Waals surface area contributed by atoms with Crippen LogP contribution in [0.4, 0.5) is 14.9 Å². The van der Waals surface area contributed by atoms with E-state index in [1.165, 1.54) is 6.07 Å². The Kier molecular flexibility index (Phi) is 5.42. The summed E-state index contributed by atoms with van der Waals surface area (Å²) in [6.45, 7) is 0.310. The Morgan fingerprint density at radius 1 is 1.10 bits per heavy atom. The number of carbonyl (C=O) groups excluding carboxylic acids is 1. The fourth-order valence-corrected chi connectivity index (χ4v) is 2.13. The number of urea groups is 1. The number of benzene rings is 2. The fourth-order valence-electron chi connectivity index (χ4n) is 1.78. The van der Waals surface area contributed by atoms with E-state index in [0.717, 1.165) is 0 Å². The average molecular weight is 327 g/mol. The first kappa shape index (κ1) is 15.6. The fraction of sp³-hybridized carbons (Fsp3) is 0.133. The number of hydrogen-bond acceptors (Lipinski definition) is 1. The highest BCUT2D eigenvalue weighted by molar-refractivity contribution is 6.43. The van der Waals surface area contributed by atoms with Gasteiger partial charge in [0.05, 0.1) is 15.7 Å². The smallest absolute Gasteiger partial charge is 0.319 e. The van der Waals surface area contributed by atoms with Gasteiger partial charge in [-0.05, 0) is 30.2 Å². The van der Waals surface area contributed by atoms with E-state index in [9.17, 15) is 9.18 Å². The predicted octanol–water partition coefficient (Wildman–Crippen LogP) is 4.50. The van der Waals surface area contributed by atoms with Crippen molar-refractivity contribution in [1.82, 2.24) is 5.32 Å². The highest BCUT2D eigenvalue weighted by Crippen LogP contribution is 2.29. The van der Waals surface area contributed by atoms with E-state index in [-0.39, 0.29) is 10.8 Å². The number of anilines is 1. The van der Waals surface area contributed by atoms with Gasteiger partial charge in [-0.2, -0.15) is 0 Å². The van der Waals surface area contributed by atoms with Crippen LogP contribution in [0.5, 0.6) is 0 Å². The standard InChI is InChI=1S/C15H13Cl2FN2O/c16-11-5-3-7-13(14(11)17)20-15(21)19-9-8-10-4-1-2-6-12(10)18/h1-7H,8-9H2,(H2,19,20,21). The summed E-state index contributed by atoms with van der Waals surface area (Å²) >= 11 is 11.8. The zero-order valence-corrected chi connectivity index (χ0v) is 12.5. The Hall–Kier alpha value is -1.78. The summed E-state index contributed by atoms with van der Waals surface area (Å²) < 4.78 is 13.4. The molecule has 0 spiro atoms. The molecular formula is C15H13Cl2FN2O. The van der Waals surface area contributed by atoms with Crippen molar-refractivity contribution in [1.29, 1.82) is 0 Å². The lowest BCUT2D eigenvalue weighted by atomic mass is 10.1. The van der Waals surface area contributed by atoms with E-state index in [1.54, 1.807) is 36.4 Å². The Bertz CT molecular complexity index is 649. The van der Waals surface area contributed by atoms with Gasteiger partial charge in [-0.15, -0.1) is 0 Å². The van der Waals surface area contributed by atoms with Gasteiger partial charge >= 0.3 is 6.03 Å². The molecule has 6 heteroatoms. The minimum absolute atomic E-state index is 0.280. The van der Waals surface area contributed by atoms with Crippen LogP contribution < -0.4 is 10.6 Å². The molecule has 2 aromatic carbocycles.